The molecular formula is C18H20N2O3S. The highest BCUT2D eigenvalue weighted by Gasteiger charge is 2.19. The average Bonchev–Trinajstić information content (AvgIpc) is 2.95. The molecule has 1 aliphatic carbocycles. The van der Waals surface area contributed by atoms with E-state index in [1.165, 1.54) is 24.1 Å². The van der Waals surface area contributed by atoms with Crippen LogP contribution in [0.2, 0.25) is 0 Å². The van der Waals surface area contributed by atoms with Gasteiger partial charge in [0.15, 0.2) is 0 Å². The van der Waals surface area contributed by atoms with Gasteiger partial charge in [0.25, 0.3) is 10.0 Å². The number of hydrogen-bond acceptors (Lipinski definition) is 3. The maximum atomic E-state index is 12.7. The zero-order valence-corrected chi connectivity index (χ0v) is 14.5. The van der Waals surface area contributed by atoms with E-state index >= 15 is 0 Å². The van der Waals surface area contributed by atoms with Gasteiger partial charge in [-0.15, -0.1) is 0 Å². The van der Waals surface area contributed by atoms with Crippen molar-refractivity contribution in [2.24, 2.45) is 0 Å². The molecule has 0 atom stereocenters. The largest absolute Gasteiger partial charge is 0.326 e. The molecule has 2 aromatic carbocycles. The third kappa shape index (κ3) is 3.43. The number of hydrogen-bond donors (Lipinski definition) is 2. The van der Waals surface area contributed by atoms with Crippen molar-refractivity contribution >= 4 is 27.3 Å². The molecule has 6 heteroatoms. The molecular weight excluding hydrogens is 324 g/mol. The average molecular weight is 344 g/mol. The lowest BCUT2D eigenvalue weighted by Crippen LogP contribution is -2.15. The second kappa shape index (κ2) is 6.28. The summed E-state index contributed by atoms with van der Waals surface area (Å²) in [5, 5.41) is 2.61. The maximum absolute atomic E-state index is 12.7. The molecule has 0 heterocycles. The van der Waals surface area contributed by atoms with E-state index in [9.17, 15) is 13.2 Å². The highest BCUT2D eigenvalue weighted by atomic mass is 32.2. The molecule has 0 saturated carbocycles. The third-order valence-corrected chi connectivity index (χ3v) is 5.67. The van der Waals surface area contributed by atoms with Crippen LogP contribution in [-0.2, 0) is 27.7 Å². The number of carbonyl (C=O) groups excluding carboxylic acids is 1. The van der Waals surface area contributed by atoms with Crippen molar-refractivity contribution in [3.05, 3.63) is 53.1 Å². The number of carbonyl (C=O) groups is 1. The molecule has 0 spiro atoms. The molecule has 2 aromatic rings. The molecule has 0 unspecified atom stereocenters. The number of benzene rings is 2. The molecule has 0 aliphatic heterocycles. The normalized spacial score (nSPS) is 13.4. The second-order valence-electron chi connectivity index (χ2n) is 6.10. The number of aryl methyl sites for hydroxylation is 3. The summed E-state index contributed by atoms with van der Waals surface area (Å²) in [5.74, 6) is -0.242. The summed E-state index contributed by atoms with van der Waals surface area (Å²) in [6, 6.07) is 10.5. The van der Waals surface area contributed by atoms with Gasteiger partial charge >= 0.3 is 0 Å². The molecule has 1 aliphatic rings. The minimum absolute atomic E-state index is 0.161. The van der Waals surface area contributed by atoms with Gasteiger partial charge in [0.2, 0.25) is 5.91 Å². The van der Waals surface area contributed by atoms with Crippen molar-refractivity contribution in [1.29, 1.82) is 0 Å². The van der Waals surface area contributed by atoms with Crippen molar-refractivity contribution in [3.8, 4) is 0 Å². The first kappa shape index (κ1) is 16.5. The van der Waals surface area contributed by atoms with E-state index in [4.69, 9.17) is 0 Å². The Bertz CT molecular complexity index is 904. The van der Waals surface area contributed by atoms with Gasteiger partial charge in [-0.3, -0.25) is 9.52 Å². The molecule has 5 nitrogen and oxygen atoms in total. The Morgan fingerprint density at radius 3 is 2.46 bits per heavy atom. The fraction of sp³-hybridized carbons (Fsp3) is 0.278. The van der Waals surface area contributed by atoms with Gasteiger partial charge in [0, 0.05) is 18.3 Å². The maximum Gasteiger partial charge on any atom is 0.262 e. The van der Waals surface area contributed by atoms with E-state index in [1.807, 2.05) is 12.1 Å². The van der Waals surface area contributed by atoms with Gasteiger partial charge < -0.3 is 5.32 Å². The van der Waals surface area contributed by atoms with Crippen molar-refractivity contribution < 1.29 is 13.2 Å². The van der Waals surface area contributed by atoms with Gasteiger partial charge in [-0.25, -0.2) is 8.42 Å². The van der Waals surface area contributed by atoms with Gasteiger partial charge in [-0.05, 0) is 67.1 Å². The molecule has 126 valence electrons. The summed E-state index contributed by atoms with van der Waals surface area (Å²) in [5.41, 5.74) is 4.15. The van der Waals surface area contributed by atoms with Crippen LogP contribution in [0.15, 0.2) is 41.3 Å². The minimum atomic E-state index is -3.72. The topological polar surface area (TPSA) is 75.3 Å². The van der Waals surface area contributed by atoms with E-state index in [0.29, 0.717) is 16.9 Å². The summed E-state index contributed by atoms with van der Waals surface area (Å²) in [6.07, 6.45) is 3.16. The number of amides is 1. The summed E-state index contributed by atoms with van der Waals surface area (Å²) >= 11 is 0. The van der Waals surface area contributed by atoms with E-state index in [0.717, 1.165) is 19.3 Å². The number of anilines is 2. The summed E-state index contributed by atoms with van der Waals surface area (Å²) in [6.45, 7) is 3.12. The number of fused-ring (bicyclic) bond motifs is 1. The number of nitrogens with one attached hydrogen (secondary N) is 2. The Labute approximate surface area is 142 Å². The lowest BCUT2D eigenvalue weighted by molar-refractivity contribution is -0.114. The monoisotopic (exact) mass is 344 g/mol. The molecule has 24 heavy (non-hydrogen) atoms. The van der Waals surface area contributed by atoms with E-state index in [-0.39, 0.29) is 10.8 Å². The smallest absolute Gasteiger partial charge is 0.262 e. The highest BCUT2D eigenvalue weighted by molar-refractivity contribution is 7.92. The standard InChI is InChI=1S/C18H20N2O3S/c1-12-6-8-16(19-13(2)21)11-18(12)24(22,23)20-17-9-7-14-4-3-5-15(14)10-17/h6-11,20H,3-5H2,1-2H3,(H,19,21). The van der Waals surface area contributed by atoms with Crippen LogP contribution in [0.4, 0.5) is 11.4 Å². The van der Waals surface area contributed by atoms with E-state index < -0.39 is 10.0 Å². The molecule has 2 N–H and O–H groups in total. The van der Waals surface area contributed by atoms with Crippen LogP contribution in [-0.4, -0.2) is 14.3 Å². The van der Waals surface area contributed by atoms with Crippen molar-refractivity contribution in [3.63, 3.8) is 0 Å². The zero-order valence-electron chi connectivity index (χ0n) is 13.7. The van der Waals surface area contributed by atoms with Crippen molar-refractivity contribution in [2.75, 3.05) is 10.0 Å². The van der Waals surface area contributed by atoms with Crippen LogP contribution in [0.3, 0.4) is 0 Å². The molecule has 0 aromatic heterocycles. The molecule has 0 bridgehead atoms. The van der Waals surface area contributed by atoms with Crippen LogP contribution < -0.4 is 10.0 Å². The summed E-state index contributed by atoms with van der Waals surface area (Å²) < 4.78 is 28.1. The summed E-state index contributed by atoms with van der Waals surface area (Å²) in [4.78, 5) is 11.3. The van der Waals surface area contributed by atoms with E-state index in [1.54, 1.807) is 25.1 Å². The predicted molar refractivity (Wildman–Crippen MR) is 94.8 cm³/mol. The number of sulfonamides is 1. The molecule has 0 saturated heterocycles. The van der Waals surface area contributed by atoms with Crippen LogP contribution in [0.1, 0.15) is 30.0 Å². The van der Waals surface area contributed by atoms with Crippen LogP contribution in [0.25, 0.3) is 0 Å². The predicted octanol–water partition coefficient (Wildman–Crippen LogP) is 3.24. The second-order valence-corrected chi connectivity index (χ2v) is 7.75. The Hall–Kier alpha value is -2.34. The van der Waals surface area contributed by atoms with Gasteiger partial charge in [-0.1, -0.05) is 12.1 Å². The zero-order chi connectivity index (χ0) is 17.3. The Kier molecular flexibility index (Phi) is 4.32. The SMILES string of the molecule is CC(=O)Nc1ccc(C)c(S(=O)(=O)Nc2ccc3c(c2)CCC3)c1. The highest BCUT2D eigenvalue weighted by Crippen LogP contribution is 2.27. The Balaban J connectivity index is 1.91. The molecule has 0 radical (unpaired) electrons. The Morgan fingerprint density at radius 2 is 1.71 bits per heavy atom. The minimum Gasteiger partial charge on any atom is -0.326 e. The molecule has 0 fully saturated rings. The first-order chi connectivity index (χ1) is 11.3. The van der Waals surface area contributed by atoms with Gasteiger partial charge in [0.1, 0.15) is 0 Å². The first-order valence-electron chi connectivity index (χ1n) is 7.88. The Morgan fingerprint density at radius 1 is 1.00 bits per heavy atom. The third-order valence-electron chi connectivity index (χ3n) is 4.15. The van der Waals surface area contributed by atoms with Crippen LogP contribution in [0.5, 0.6) is 0 Å². The summed E-state index contributed by atoms with van der Waals surface area (Å²) in [7, 11) is -3.72. The van der Waals surface area contributed by atoms with Crippen LogP contribution >= 0.6 is 0 Å². The quantitative estimate of drug-likeness (QED) is 0.894. The fourth-order valence-electron chi connectivity index (χ4n) is 3.02. The first-order valence-corrected chi connectivity index (χ1v) is 9.36. The molecule has 1 amide bonds. The van der Waals surface area contributed by atoms with Gasteiger partial charge in [-0.2, -0.15) is 0 Å². The number of rotatable bonds is 4. The van der Waals surface area contributed by atoms with E-state index in [2.05, 4.69) is 10.0 Å². The lowest BCUT2D eigenvalue weighted by atomic mass is 10.1. The molecule has 3 rings (SSSR count). The lowest BCUT2D eigenvalue weighted by Gasteiger charge is -2.13. The van der Waals surface area contributed by atoms with Crippen molar-refractivity contribution in [1.82, 2.24) is 0 Å². The van der Waals surface area contributed by atoms with Crippen LogP contribution in [0, 0.1) is 6.92 Å². The fourth-order valence-corrected chi connectivity index (χ4v) is 4.34. The van der Waals surface area contributed by atoms with Gasteiger partial charge in [0.05, 0.1) is 4.90 Å². The van der Waals surface area contributed by atoms with Crippen molar-refractivity contribution in [2.45, 2.75) is 38.0 Å².